The Morgan fingerprint density at radius 1 is 1.43 bits per heavy atom. The van der Waals surface area contributed by atoms with Gasteiger partial charge in [0, 0.05) is 16.2 Å². The number of nitrogens with zero attached hydrogens (tertiary/aromatic N) is 2. The Balaban J connectivity index is 2.36. The molecule has 0 amide bonds. The van der Waals surface area contributed by atoms with Crippen molar-refractivity contribution in [1.29, 1.82) is 0 Å². The molecule has 1 saturated carbocycles. The minimum atomic E-state index is -2.75. The van der Waals surface area contributed by atoms with Crippen molar-refractivity contribution in [3.05, 3.63) is 34.4 Å². The summed E-state index contributed by atoms with van der Waals surface area (Å²) in [6.45, 7) is -2.75. The first-order valence-electron chi connectivity index (χ1n) is 8.47. The van der Waals surface area contributed by atoms with Gasteiger partial charge in [-0.3, -0.25) is 19.0 Å². The van der Waals surface area contributed by atoms with Crippen molar-refractivity contribution >= 4 is 28.2 Å². The highest BCUT2D eigenvalue weighted by molar-refractivity contribution is 6.03. The first kappa shape index (κ1) is 9.44. The molecular formula is C15H15N3O3. The molecule has 1 fully saturated rings. The Morgan fingerprint density at radius 2 is 2.24 bits per heavy atom. The number of nitrogen functional groups attached to an aromatic ring is 1. The van der Waals surface area contributed by atoms with E-state index in [4.69, 9.17) is 11.2 Å². The summed E-state index contributed by atoms with van der Waals surface area (Å²) >= 11 is 0. The highest BCUT2D eigenvalue weighted by atomic mass is 16.2. The second-order valence-corrected chi connectivity index (χ2v) is 5.02. The lowest BCUT2D eigenvalue weighted by molar-refractivity contribution is -0.132. The number of nitrogens with two attached hydrogens (primary N) is 1. The molecule has 0 saturated heterocycles. The molecule has 6 heteroatoms. The van der Waals surface area contributed by atoms with E-state index in [1.54, 1.807) is 0 Å². The molecule has 0 radical (unpaired) electrons. The van der Waals surface area contributed by atoms with E-state index < -0.39 is 30.1 Å². The predicted molar refractivity (Wildman–Crippen MR) is 78.1 cm³/mol. The molecule has 0 spiro atoms. The molecule has 1 aliphatic rings. The van der Waals surface area contributed by atoms with Gasteiger partial charge in [0.1, 0.15) is 11.6 Å². The topological polar surface area (TPSA) is 95.0 Å². The molecule has 1 atom stereocenters. The second-order valence-electron chi connectivity index (χ2n) is 5.02. The molecule has 0 aliphatic heterocycles. The van der Waals surface area contributed by atoms with Crippen LogP contribution in [0.15, 0.2) is 23.0 Å². The van der Waals surface area contributed by atoms with Crippen LogP contribution in [0.25, 0.3) is 10.9 Å². The van der Waals surface area contributed by atoms with Crippen LogP contribution in [0, 0.1) is 6.85 Å². The van der Waals surface area contributed by atoms with Crippen LogP contribution in [-0.4, -0.2) is 21.1 Å². The summed E-state index contributed by atoms with van der Waals surface area (Å²) in [5.74, 6) is -1.29. The lowest BCUT2D eigenvalue weighted by Crippen LogP contribution is -2.36. The van der Waals surface area contributed by atoms with Gasteiger partial charge in [0.15, 0.2) is 5.78 Å². The van der Waals surface area contributed by atoms with Crippen molar-refractivity contribution in [2.24, 2.45) is 0 Å². The van der Waals surface area contributed by atoms with Crippen LogP contribution in [0.4, 0.5) is 5.69 Å². The highest BCUT2D eigenvalue weighted by Crippen LogP contribution is 2.24. The van der Waals surface area contributed by atoms with Crippen LogP contribution in [-0.2, 0) is 9.59 Å². The number of hydrogen-bond donors (Lipinski definition) is 1. The summed E-state index contributed by atoms with van der Waals surface area (Å²) in [6, 6.07) is 1.44. The lowest BCUT2D eigenvalue weighted by atomic mass is 9.92. The van der Waals surface area contributed by atoms with Gasteiger partial charge in [-0.1, -0.05) is 6.04 Å². The van der Waals surface area contributed by atoms with E-state index in [2.05, 4.69) is 4.98 Å². The number of ketones is 2. The van der Waals surface area contributed by atoms with Gasteiger partial charge in [-0.05, 0) is 25.4 Å². The molecule has 2 aromatic rings. The Bertz CT molecular complexity index is 965. The van der Waals surface area contributed by atoms with Crippen molar-refractivity contribution in [2.45, 2.75) is 32.2 Å². The van der Waals surface area contributed by atoms with E-state index in [1.807, 2.05) is 0 Å². The third-order valence-corrected chi connectivity index (χ3v) is 3.64. The number of aromatic nitrogens is 2. The van der Waals surface area contributed by atoms with Crippen LogP contribution in [0.5, 0.6) is 0 Å². The van der Waals surface area contributed by atoms with E-state index in [0.29, 0.717) is 0 Å². The zero-order valence-electron chi connectivity index (χ0n) is 15.0. The molecule has 21 heavy (non-hydrogen) atoms. The minimum absolute atomic E-state index is 0.00305. The van der Waals surface area contributed by atoms with Crippen LogP contribution in [0.2, 0.25) is 0 Å². The molecule has 2 N–H and O–H groups in total. The molecule has 0 bridgehead atoms. The SMILES string of the molecule is [2H]c1cc(N)c2c(=O)n(C3CCC(=O)CC3=O)c(C([2H])([2H])[2H])nc2c1. The van der Waals surface area contributed by atoms with Gasteiger partial charge >= 0.3 is 0 Å². The largest absolute Gasteiger partial charge is 0.398 e. The molecule has 108 valence electrons. The normalized spacial score (nSPS) is 22.6. The number of anilines is 1. The summed E-state index contributed by atoms with van der Waals surface area (Å²) in [7, 11) is 0. The molecule has 1 aromatic carbocycles. The fourth-order valence-electron chi connectivity index (χ4n) is 2.63. The quantitative estimate of drug-likeness (QED) is 0.627. The number of rotatable bonds is 1. The minimum Gasteiger partial charge on any atom is -0.398 e. The summed E-state index contributed by atoms with van der Waals surface area (Å²) in [6.07, 6.45) is -0.205. The number of fused-ring (bicyclic) bond motifs is 1. The number of Topliss-reactive ketones (excluding diaryl/α,β-unsaturated/α-hetero) is 2. The van der Waals surface area contributed by atoms with E-state index in [1.165, 1.54) is 12.1 Å². The maximum absolute atomic E-state index is 12.9. The molecule has 1 aromatic heterocycles. The first-order valence-corrected chi connectivity index (χ1v) is 6.47. The van der Waals surface area contributed by atoms with E-state index in [-0.39, 0.29) is 47.7 Å². The number of carbonyl (C=O) groups excluding carboxylic acids is 2. The van der Waals surface area contributed by atoms with Crippen molar-refractivity contribution in [3.8, 4) is 0 Å². The average Bonchev–Trinajstić information content (AvgIpc) is 2.46. The second kappa shape index (κ2) is 4.80. The van der Waals surface area contributed by atoms with Crippen LogP contribution >= 0.6 is 0 Å². The van der Waals surface area contributed by atoms with E-state index in [9.17, 15) is 14.4 Å². The van der Waals surface area contributed by atoms with Crippen LogP contribution in [0.1, 0.15) is 36.6 Å². The third kappa shape index (κ3) is 2.12. The summed E-state index contributed by atoms with van der Waals surface area (Å²) < 4.78 is 31.5. The van der Waals surface area contributed by atoms with Gasteiger partial charge in [0.25, 0.3) is 5.56 Å². The molecule has 1 unspecified atom stereocenters. The maximum atomic E-state index is 12.9. The van der Waals surface area contributed by atoms with Gasteiger partial charge in [0.2, 0.25) is 0 Å². The van der Waals surface area contributed by atoms with Crippen molar-refractivity contribution in [3.63, 3.8) is 0 Å². The third-order valence-electron chi connectivity index (χ3n) is 3.64. The fraction of sp³-hybridized carbons (Fsp3) is 0.333. The van der Waals surface area contributed by atoms with Crippen molar-refractivity contribution < 1.29 is 15.1 Å². The Hall–Kier alpha value is -2.50. The Morgan fingerprint density at radius 3 is 2.95 bits per heavy atom. The Labute approximate surface area is 126 Å². The van der Waals surface area contributed by atoms with Crippen LogP contribution in [0.3, 0.4) is 0 Å². The standard InChI is InChI=1S/C15H15N3O3/c1-8-17-11-4-2-3-10(16)14(11)15(21)18(8)12-6-5-9(19)7-13(12)20/h2-4,12H,5-7,16H2,1H3/i1D3,2D. The van der Waals surface area contributed by atoms with Crippen LogP contribution < -0.4 is 11.3 Å². The number of aryl methyl sites for hydroxylation is 1. The number of carbonyl (C=O) groups is 2. The predicted octanol–water partition coefficient (Wildman–Crippen LogP) is 1.15. The number of benzene rings is 1. The molecular weight excluding hydrogens is 270 g/mol. The van der Waals surface area contributed by atoms with Gasteiger partial charge in [0.05, 0.1) is 24.7 Å². The van der Waals surface area contributed by atoms with Crippen molar-refractivity contribution in [2.75, 3.05) is 5.73 Å². The molecule has 6 nitrogen and oxygen atoms in total. The maximum Gasteiger partial charge on any atom is 0.264 e. The summed E-state index contributed by atoms with van der Waals surface area (Å²) in [5.41, 5.74) is 5.06. The molecule has 1 heterocycles. The van der Waals surface area contributed by atoms with Gasteiger partial charge < -0.3 is 5.73 Å². The smallest absolute Gasteiger partial charge is 0.264 e. The van der Waals surface area contributed by atoms with E-state index in [0.717, 1.165) is 4.57 Å². The monoisotopic (exact) mass is 289 g/mol. The van der Waals surface area contributed by atoms with E-state index >= 15 is 0 Å². The molecule has 1 aliphatic carbocycles. The fourth-order valence-corrected chi connectivity index (χ4v) is 2.63. The van der Waals surface area contributed by atoms with Crippen molar-refractivity contribution in [1.82, 2.24) is 9.55 Å². The number of hydrogen-bond acceptors (Lipinski definition) is 5. The summed E-state index contributed by atoms with van der Waals surface area (Å²) in [5, 5.41) is -0.0336. The zero-order chi connectivity index (χ0) is 18.5. The van der Waals surface area contributed by atoms with Gasteiger partial charge in [-0.2, -0.15) is 0 Å². The van der Waals surface area contributed by atoms with Gasteiger partial charge in [-0.15, -0.1) is 0 Å². The average molecular weight is 289 g/mol. The molecule has 3 rings (SSSR count). The summed E-state index contributed by atoms with van der Waals surface area (Å²) in [4.78, 5) is 40.7. The van der Waals surface area contributed by atoms with Gasteiger partial charge in [-0.25, -0.2) is 4.98 Å². The zero-order valence-corrected chi connectivity index (χ0v) is 11.0. The lowest BCUT2D eigenvalue weighted by Gasteiger charge is -2.24. The first-order chi connectivity index (χ1) is 11.6. The highest BCUT2D eigenvalue weighted by Gasteiger charge is 2.30. The Kier molecular flexibility index (Phi) is 2.16.